The standard InChI is InChI=1S/C23H20Cl2N2O4/c24-16-6-4-14(5-7-16)20-21(15-2-1-3-17(25)10-15)31-18(11-19(28)29)22(30)27(20)13-23(12-26)8-9-23/h1-7,10,18,20-21H,8-9,11,13H2,(H,28,29)/t18-,20+,21-/m0/s1. The Morgan fingerprint density at radius 3 is 2.45 bits per heavy atom. The number of carboxylic acid groups (broad SMARTS) is 1. The van der Waals surface area contributed by atoms with Gasteiger partial charge in [-0.15, -0.1) is 0 Å². The molecule has 4 rings (SSSR count). The molecule has 6 nitrogen and oxygen atoms in total. The molecule has 2 aromatic rings. The Morgan fingerprint density at radius 2 is 1.87 bits per heavy atom. The van der Waals surface area contributed by atoms with Gasteiger partial charge in [-0.25, -0.2) is 0 Å². The molecule has 160 valence electrons. The second-order valence-corrected chi connectivity index (χ2v) is 8.93. The van der Waals surface area contributed by atoms with E-state index in [1.165, 1.54) is 0 Å². The third-order valence-electron chi connectivity index (χ3n) is 5.80. The molecule has 2 aromatic carbocycles. The molecule has 8 heteroatoms. The average Bonchev–Trinajstić information content (AvgIpc) is 3.51. The van der Waals surface area contributed by atoms with Crippen molar-refractivity contribution >= 4 is 35.1 Å². The van der Waals surface area contributed by atoms with E-state index >= 15 is 0 Å². The van der Waals surface area contributed by atoms with Gasteiger partial charge in [0.1, 0.15) is 12.2 Å². The zero-order valence-electron chi connectivity index (χ0n) is 16.5. The van der Waals surface area contributed by atoms with Crippen LogP contribution < -0.4 is 0 Å². The Morgan fingerprint density at radius 1 is 1.16 bits per heavy atom. The molecule has 0 spiro atoms. The van der Waals surface area contributed by atoms with Crippen LogP contribution in [0.15, 0.2) is 48.5 Å². The Hall–Kier alpha value is -2.59. The number of nitrogens with zero attached hydrogens (tertiary/aromatic N) is 2. The fourth-order valence-corrected chi connectivity index (χ4v) is 4.33. The van der Waals surface area contributed by atoms with Gasteiger partial charge in [-0.05, 0) is 48.2 Å². The number of carbonyl (C=O) groups is 2. The predicted octanol–water partition coefficient (Wildman–Crippen LogP) is 4.78. The molecule has 1 saturated heterocycles. The van der Waals surface area contributed by atoms with Crippen molar-refractivity contribution in [1.29, 1.82) is 5.26 Å². The van der Waals surface area contributed by atoms with Crippen molar-refractivity contribution in [3.63, 3.8) is 0 Å². The first-order valence-corrected chi connectivity index (χ1v) is 10.7. The van der Waals surface area contributed by atoms with E-state index in [-0.39, 0.29) is 6.54 Å². The highest BCUT2D eigenvalue weighted by Gasteiger charge is 2.51. The number of nitriles is 1. The molecule has 0 unspecified atom stereocenters. The fourth-order valence-electron chi connectivity index (χ4n) is 4.01. The quantitative estimate of drug-likeness (QED) is 0.672. The van der Waals surface area contributed by atoms with E-state index in [2.05, 4.69) is 6.07 Å². The van der Waals surface area contributed by atoms with Gasteiger partial charge in [0.15, 0.2) is 0 Å². The predicted molar refractivity (Wildman–Crippen MR) is 115 cm³/mol. The summed E-state index contributed by atoms with van der Waals surface area (Å²) in [7, 11) is 0. The van der Waals surface area contributed by atoms with Crippen LogP contribution in [-0.4, -0.2) is 34.5 Å². The van der Waals surface area contributed by atoms with Crippen molar-refractivity contribution in [2.24, 2.45) is 5.41 Å². The summed E-state index contributed by atoms with van der Waals surface area (Å²) in [6, 6.07) is 16.0. The maximum absolute atomic E-state index is 13.4. The van der Waals surface area contributed by atoms with Crippen molar-refractivity contribution in [3.8, 4) is 6.07 Å². The fraction of sp³-hybridized carbons (Fsp3) is 0.348. The van der Waals surface area contributed by atoms with Gasteiger partial charge in [-0.3, -0.25) is 9.59 Å². The molecule has 2 aliphatic rings. The highest BCUT2D eigenvalue weighted by Crippen LogP contribution is 2.50. The number of carboxylic acids is 1. The lowest BCUT2D eigenvalue weighted by Crippen LogP contribution is -2.53. The topological polar surface area (TPSA) is 90.6 Å². The van der Waals surface area contributed by atoms with E-state index < -0.39 is 42.0 Å². The van der Waals surface area contributed by atoms with Gasteiger partial charge in [-0.1, -0.05) is 47.5 Å². The number of hydrogen-bond donors (Lipinski definition) is 1. The highest BCUT2D eigenvalue weighted by molar-refractivity contribution is 6.30. The summed E-state index contributed by atoms with van der Waals surface area (Å²) in [4.78, 5) is 26.4. The molecule has 0 radical (unpaired) electrons. The maximum Gasteiger partial charge on any atom is 0.306 e. The Labute approximate surface area is 189 Å². The summed E-state index contributed by atoms with van der Waals surface area (Å²) in [5.74, 6) is -1.56. The normalized spacial score (nSPS) is 24.5. The summed E-state index contributed by atoms with van der Waals surface area (Å²) in [6.45, 7) is 0.214. The van der Waals surface area contributed by atoms with Gasteiger partial charge in [0.25, 0.3) is 5.91 Å². The number of amides is 1. The molecule has 2 fully saturated rings. The first-order valence-electron chi connectivity index (χ1n) is 9.92. The first-order chi connectivity index (χ1) is 14.8. The van der Waals surface area contributed by atoms with Gasteiger partial charge in [0.2, 0.25) is 0 Å². The van der Waals surface area contributed by atoms with Crippen LogP contribution >= 0.6 is 23.2 Å². The lowest BCUT2D eigenvalue weighted by molar-refractivity contribution is -0.179. The van der Waals surface area contributed by atoms with Crippen molar-refractivity contribution in [2.75, 3.05) is 6.54 Å². The first kappa shape index (κ1) is 21.6. The van der Waals surface area contributed by atoms with Crippen molar-refractivity contribution in [2.45, 2.75) is 37.5 Å². The Kier molecular flexibility index (Phi) is 5.94. The van der Waals surface area contributed by atoms with Crippen LogP contribution in [0.5, 0.6) is 0 Å². The monoisotopic (exact) mass is 458 g/mol. The van der Waals surface area contributed by atoms with Crippen LogP contribution in [0.25, 0.3) is 0 Å². The number of aliphatic carboxylic acids is 1. The number of ether oxygens (including phenoxy) is 1. The van der Waals surface area contributed by atoms with E-state index in [0.717, 1.165) is 11.1 Å². The van der Waals surface area contributed by atoms with Crippen LogP contribution in [0.1, 0.15) is 42.5 Å². The lowest BCUT2D eigenvalue weighted by atomic mass is 9.90. The van der Waals surface area contributed by atoms with Crippen molar-refractivity contribution < 1.29 is 19.4 Å². The molecule has 1 amide bonds. The molecule has 1 saturated carbocycles. The smallest absolute Gasteiger partial charge is 0.306 e. The van der Waals surface area contributed by atoms with Crippen molar-refractivity contribution in [3.05, 3.63) is 69.7 Å². The Bertz CT molecular complexity index is 1050. The summed E-state index contributed by atoms with van der Waals surface area (Å²) >= 11 is 12.3. The number of rotatable bonds is 6. The van der Waals surface area contributed by atoms with Gasteiger partial charge in [0, 0.05) is 16.6 Å². The summed E-state index contributed by atoms with van der Waals surface area (Å²) in [5.41, 5.74) is 0.900. The van der Waals surface area contributed by atoms with E-state index in [1.807, 2.05) is 18.2 Å². The summed E-state index contributed by atoms with van der Waals surface area (Å²) in [6.07, 6.45) is -0.866. The largest absolute Gasteiger partial charge is 0.481 e. The minimum atomic E-state index is -1.15. The molecule has 31 heavy (non-hydrogen) atoms. The molecular weight excluding hydrogens is 439 g/mol. The van der Waals surface area contributed by atoms with Gasteiger partial charge in [-0.2, -0.15) is 5.26 Å². The molecular formula is C23H20Cl2N2O4. The molecule has 1 aliphatic heterocycles. The van der Waals surface area contributed by atoms with E-state index in [0.29, 0.717) is 22.9 Å². The van der Waals surface area contributed by atoms with Crippen molar-refractivity contribution in [1.82, 2.24) is 4.90 Å². The van der Waals surface area contributed by atoms with E-state index in [9.17, 15) is 20.0 Å². The molecule has 1 N–H and O–H groups in total. The minimum absolute atomic E-state index is 0.214. The van der Waals surface area contributed by atoms with Crippen LogP contribution in [0.4, 0.5) is 0 Å². The summed E-state index contributed by atoms with van der Waals surface area (Å²) in [5, 5.41) is 20.0. The Balaban J connectivity index is 1.82. The summed E-state index contributed by atoms with van der Waals surface area (Å²) < 4.78 is 6.10. The average molecular weight is 459 g/mol. The molecule has 1 aliphatic carbocycles. The van der Waals surface area contributed by atoms with Crippen LogP contribution in [0, 0.1) is 16.7 Å². The highest BCUT2D eigenvalue weighted by atomic mass is 35.5. The number of carbonyl (C=O) groups excluding carboxylic acids is 1. The molecule has 3 atom stereocenters. The van der Waals surface area contributed by atoms with Crippen LogP contribution in [-0.2, 0) is 14.3 Å². The second-order valence-electron chi connectivity index (χ2n) is 8.05. The van der Waals surface area contributed by atoms with Gasteiger partial charge < -0.3 is 14.7 Å². The van der Waals surface area contributed by atoms with Crippen LogP contribution in [0.3, 0.4) is 0 Å². The van der Waals surface area contributed by atoms with Crippen LogP contribution in [0.2, 0.25) is 10.0 Å². The SMILES string of the molecule is N#CC1(CN2C(=O)[C@H](CC(=O)O)O[C@@H](c3cccc(Cl)c3)[C@H]2c2ccc(Cl)cc2)CC1. The third kappa shape index (κ3) is 4.54. The minimum Gasteiger partial charge on any atom is -0.481 e. The third-order valence-corrected chi connectivity index (χ3v) is 6.29. The maximum atomic E-state index is 13.4. The molecule has 0 aromatic heterocycles. The lowest BCUT2D eigenvalue weighted by Gasteiger charge is -2.45. The molecule has 1 heterocycles. The molecule has 0 bridgehead atoms. The van der Waals surface area contributed by atoms with E-state index in [4.69, 9.17) is 27.9 Å². The second kappa shape index (κ2) is 8.51. The zero-order valence-corrected chi connectivity index (χ0v) is 18.0. The van der Waals surface area contributed by atoms with Gasteiger partial charge >= 0.3 is 5.97 Å². The number of hydrogen-bond acceptors (Lipinski definition) is 4. The zero-order chi connectivity index (χ0) is 22.2. The number of morpholine rings is 1. The number of halogens is 2. The van der Waals surface area contributed by atoms with E-state index in [1.54, 1.807) is 35.2 Å². The van der Waals surface area contributed by atoms with Gasteiger partial charge in [0.05, 0.1) is 23.9 Å². The number of benzene rings is 2.